The Balaban J connectivity index is 2.15. The maximum Gasteiger partial charge on any atom is 0.168 e. The van der Waals surface area contributed by atoms with Gasteiger partial charge in [0.25, 0.3) is 0 Å². The third kappa shape index (κ3) is 1.97. The summed E-state index contributed by atoms with van der Waals surface area (Å²) in [5.74, 6) is 0. The second-order valence-electron chi connectivity index (χ2n) is 4.74. The summed E-state index contributed by atoms with van der Waals surface area (Å²) in [6.45, 7) is 3.10. The Kier molecular flexibility index (Phi) is 2.75. The van der Waals surface area contributed by atoms with E-state index < -0.39 is 11.3 Å². The summed E-state index contributed by atoms with van der Waals surface area (Å²) in [4.78, 5) is 5.32. The van der Waals surface area contributed by atoms with Gasteiger partial charge >= 0.3 is 0 Å². The minimum Gasteiger partial charge on any atom is -0.386 e. The van der Waals surface area contributed by atoms with Gasteiger partial charge in [0, 0.05) is 6.42 Å². The third-order valence-electron chi connectivity index (χ3n) is 3.03. The Morgan fingerprint density at radius 3 is 2.50 bits per heavy atom. The number of hydrogen-bond donors (Lipinski definition) is 3. The molecule has 0 spiro atoms. The van der Waals surface area contributed by atoms with Gasteiger partial charge < -0.3 is 10.2 Å². The van der Waals surface area contributed by atoms with Gasteiger partial charge in [0.1, 0.15) is 11.7 Å². The Bertz CT molecular complexity index is 360. The van der Waals surface area contributed by atoms with Crippen molar-refractivity contribution in [3.05, 3.63) is 35.9 Å². The Morgan fingerprint density at radius 2 is 2.00 bits per heavy atom. The van der Waals surface area contributed by atoms with E-state index in [1.54, 1.807) is 13.8 Å². The molecule has 1 saturated heterocycles. The first-order chi connectivity index (χ1) is 7.42. The molecule has 1 aromatic rings. The van der Waals surface area contributed by atoms with Crippen LogP contribution < -0.4 is 5.48 Å². The molecule has 0 unspecified atom stereocenters. The molecule has 0 radical (unpaired) electrons. The highest BCUT2D eigenvalue weighted by Gasteiger charge is 2.49. The van der Waals surface area contributed by atoms with Gasteiger partial charge in [-0.05, 0) is 19.4 Å². The summed E-state index contributed by atoms with van der Waals surface area (Å²) in [5.41, 5.74) is 0.846. The van der Waals surface area contributed by atoms with Crippen molar-refractivity contribution in [2.24, 2.45) is 0 Å². The van der Waals surface area contributed by atoms with Crippen LogP contribution in [0.2, 0.25) is 0 Å². The molecule has 1 fully saturated rings. The van der Waals surface area contributed by atoms with Crippen LogP contribution in [0.4, 0.5) is 0 Å². The predicted molar refractivity (Wildman–Crippen MR) is 59.3 cm³/mol. The van der Waals surface area contributed by atoms with Crippen LogP contribution in [0.3, 0.4) is 0 Å². The van der Waals surface area contributed by atoms with Crippen molar-refractivity contribution in [3.8, 4) is 0 Å². The third-order valence-corrected chi connectivity index (χ3v) is 3.03. The maximum absolute atomic E-state index is 10.2. The SMILES string of the molecule is CC(C)(O)[C@@]1(O)C[C@@H](c2ccccc2)ON1. The normalized spacial score (nSPS) is 30.6. The molecule has 2 atom stereocenters. The highest BCUT2D eigenvalue weighted by Crippen LogP contribution is 2.37. The molecule has 88 valence electrons. The molecule has 0 bridgehead atoms. The quantitative estimate of drug-likeness (QED) is 0.703. The van der Waals surface area contributed by atoms with Gasteiger partial charge in [-0.15, -0.1) is 0 Å². The number of nitrogens with one attached hydrogen (secondary N) is 1. The van der Waals surface area contributed by atoms with Crippen LogP contribution in [0.5, 0.6) is 0 Å². The Morgan fingerprint density at radius 1 is 1.38 bits per heavy atom. The van der Waals surface area contributed by atoms with E-state index in [0.717, 1.165) is 5.56 Å². The molecule has 3 N–H and O–H groups in total. The molecule has 0 amide bonds. The van der Waals surface area contributed by atoms with Crippen molar-refractivity contribution in [1.82, 2.24) is 5.48 Å². The summed E-state index contributed by atoms with van der Waals surface area (Å²) < 4.78 is 0. The van der Waals surface area contributed by atoms with Gasteiger partial charge in [-0.2, -0.15) is 5.48 Å². The van der Waals surface area contributed by atoms with Crippen LogP contribution in [0, 0.1) is 0 Å². The lowest BCUT2D eigenvalue weighted by Gasteiger charge is -2.33. The lowest BCUT2D eigenvalue weighted by atomic mass is 9.89. The first-order valence-corrected chi connectivity index (χ1v) is 5.35. The fourth-order valence-corrected chi connectivity index (χ4v) is 1.75. The number of rotatable bonds is 2. The second kappa shape index (κ2) is 3.82. The summed E-state index contributed by atoms with van der Waals surface area (Å²) >= 11 is 0. The molecule has 16 heavy (non-hydrogen) atoms. The smallest absolute Gasteiger partial charge is 0.168 e. The van der Waals surface area contributed by atoms with Crippen molar-refractivity contribution in [1.29, 1.82) is 0 Å². The zero-order valence-corrected chi connectivity index (χ0v) is 9.47. The van der Waals surface area contributed by atoms with E-state index >= 15 is 0 Å². The van der Waals surface area contributed by atoms with Gasteiger partial charge in [0.15, 0.2) is 5.72 Å². The zero-order valence-electron chi connectivity index (χ0n) is 9.47. The molecule has 1 aliphatic heterocycles. The lowest BCUT2D eigenvalue weighted by Crippen LogP contribution is -2.56. The van der Waals surface area contributed by atoms with E-state index in [1.165, 1.54) is 0 Å². The van der Waals surface area contributed by atoms with Gasteiger partial charge in [-0.25, -0.2) is 0 Å². The summed E-state index contributed by atoms with van der Waals surface area (Å²) in [6.07, 6.45) is 0.0816. The van der Waals surface area contributed by atoms with E-state index in [-0.39, 0.29) is 6.10 Å². The summed E-state index contributed by atoms with van der Waals surface area (Å²) in [7, 11) is 0. The standard InChI is InChI=1S/C12H17NO3/c1-11(2,14)12(15)8-10(16-13-12)9-6-4-3-5-7-9/h3-7,10,13-15H,8H2,1-2H3/t10-,12-/m0/s1. The molecule has 0 aliphatic carbocycles. The average molecular weight is 223 g/mol. The predicted octanol–water partition coefficient (Wildman–Crippen LogP) is 1.11. The molecule has 4 heteroatoms. The molecular weight excluding hydrogens is 206 g/mol. The van der Waals surface area contributed by atoms with Gasteiger partial charge in [-0.1, -0.05) is 30.3 Å². The monoisotopic (exact) mass is 223 g/mol. The summed E-state index contributed by atoms with van der Waals surface area (Å²) in [6, 6.07) is 9.62. The highest BCUT2D eigenvalue weighted by molar-refractivity contribution is 5.19. The van der Waals surface area contributed by atoms with Gasteiger partial charge in [0.05, 0.1) is 0 Å². The highest BCUT2D eigenvalue weighted by atomic mass is 16.7. The van der Waals surface area contributed by atoms with Crippen molar-refractivity contribution in [3.63, 3.8) is 0 Å². The number of benzene rings is 1. The van der Waals surface area contributed by atoms with E-state index in [2.05, 4.69) is 5.48 Å². The number of aliphatic hydroxyl groups is 2. The Labute approximate surface area is 94.8 Å². The van der Waals surface area contributed by atoms with Gasteiger partial charge in [0.2, 0.25) is 0 Å². The van der Waals surface area contributed by atoms with E-state index in [4.69, 9.17) is 4.84 Å². The molecule has 1 aromatic carbocycles. The summed E-state index contributed by atoms with van der Waals surface area (Å²) in [5, 5.41) is 20.0. The molecule has 0 aromatic heterocycles. The van der Waals surface area contributed by atoms with Crippen LogP contribution >= 0.6 is 0 Å². The molecule has 4 nitrogen and oxygen atoms in total. The van der Waals surface area contributed by atoms with Crippen LogP contribution in [0.25, 0.3) is 0 Å². The van der Waals surface area contributed by atoms with E-state index in [1.807, 2.05) is 30.3 Å². The number of hydroxylamine groups is 1. The van der Waals surface area contributed by atoms with Crippen molar-refractivity contribution >= 4 is 0 Å². The molecule has 1 heterocycles. The van der Waals surface area contributed by atoms with Crippen LogP contribution in [0.15, 0.2) is 30.3 Å². The van der Waals surface area contributed by atoms with Crippen LogP contribution in [0.1, 0.15) is 31.9 Å². The molecule has 1 aliphatic rings. The van der Waals surface area contributed by atoms with Crippen molar-refractivity contribution in [2.45, 2.75) is 37.7 Å². The first kappa shape index (κ1) is 11.5. The van der Waals surface area contributed by atoms with Gasteiger partial charge in [-0.3, -0.25) is 4.84 Å². The topological polar surface area (TPSA) is 61.7 Å². The minimum absolute atomic E-state index is 0.238. The average Bonchev–Trinajstić information content (AvgIpc) is 2.63. The Hall–Kier alpha value is -0.940. The maximum atomic E-state index is 10.2. The number of hydrogen-bond acceptors (Lipinski definition) is 4. The van der Waals surface area contributed by atoms with Crippen molar-refractivity contribution < 1.29 is 15.1 Å². The second-order valence-corrected chi connectivity index (χ2v) is 4.74. The zero-order chi connectivity index (χ0) is 11.8. The fourth-order valence-electron chi connectivity index (χ4n) is 1.75. The molecular formula is C12H17NO3. The minimum atomic E-state index is -1.41. The molecule has 2 rings (SSSR count). The van der Waals surface area contributed by atoms with E-state index in [9.17, 15) is 10.2 Å². The first-order valence-electron chi connectivity index (χ1n) is 5.35. The fraction of sp³-hybridized carbons (Fsp3) is 0.500. The molecule has 0 saturated carbocycles. The van der Waals surface area contributed by atoms with Crippen molar-refractivity contribution in [2.75, 3.05) is 0 Å². The van der Waals surface area contributed by atoms with E-state index in [0.29, 0.717) is 6.42 Å². The largest absolute Gasteiger partial charge is 0.386 e. The van der Waals surface area contributed by atoms with Crippen LogP contribution in [-0.4, -0.2) is 21.5 Å². The van der Waals surface area contributed by atoms with Crippen LogP contribution in [-0.2, 0) is 4.84 Å². The lowest BCUT2D eigenvalue weighted by molar-refractivity contribution is -0.173.